The number of piperidine rings is 1. The van der Waals surface area contributed by atoms with Gasteiger partial charge in [0.1, 0.15) is 5.76 Å². The second-order valence-corrected chi connectivity index (χ2v) is 7.06. The first-order valence-electron chi connectivity index (χ1n) is 9.96. The molecule has 0 aromatic carbocycles. The van der Waals surface area contributed by atoms with Crippen LogP contribution >= 0.6 is 0 Å². The molecule has 0 saturated carbocycles. The Morgan fingerprint density at radius 3 is 2.84 bits per heavy atom. The van der Waals surface area contributed by atoms with Gasteiger partial charge < -0.3 is 19.7 Å². The summed E-state index contributed by atoms with van der Waals surface area (Å²) in [5, 5.41) is 13.3. The molecular weight excluding hydrogens is 314 g/mol. The predicted octanol–water partition coefficient (Wildman–Crippen LogP) is 3.44. The Morgan fingerprint density at radius 1 is 1.40 bits per heavy atom. The summed E-state index contributed by atoms with van der Waals surface area (Å²) >= 11 is 0. The highest BCUT2D eigenvalue weighted by Gasteiger charge is 2.20. The molecule has 1 aromatic heterocycles. The van der Waals surface area contributed by atoms with E-state index in [-0.39, 0.29) is 6.10 Å². The number of unbranched alkanes of at least 4 members (excludes halogenated alkanes) is 1. The normalized spacial score (nSPS) is 17.7. The Kier molecular flexibility index (Phi) is 8.87. The van der Waals surface area contributed by atoms with Crippen molar-refractivity contribution >= 4 is 5.96 Å². The third kappa shape index (κ3) is 7.10. The monoisotopic (exact) mass is 349 g/mol. The van der Waals surface area contributed by atoms with Gasteiger partial charge in [0.15, 0.2) is 5.96 Å². The van der Waals surface area contributed by atoms with Crippen LogP contribution < -0.4 is 5.32 Å². The predicted molar refractivity (Wildman–Crippen MR) is 103 cm³/mol. The third-order valence-electron chi connectivity index (χ3n) is 5.04. The largest absolute Gasteiger partial charge is 0.469 e. The average Bonchev–Trinajstić information content (AvgIpc) is 3.14. The Morgan fingerprint density at radius 2 is 2.20 bits per heavy atom. The van der Waals surface area contributed by atoms with Crippen LogP contribution in [-0.4, -0.2) is 48.2 Å². The lowest BCUT2D eigenvalue weighted by molar-refractivity contribution is 0.108. The molecule has 0 radical (unpaired) electrons. The fraction of sp³-hybridized carbons (Fsp3) is 0.750. The van der Waals surface area contributed by atoms with Gasteiger partial charge in [0.2, 0.25) is 0 Å². The molecule has 1 saturated heterocycles. The fourth-order valence-electron chi connectivity index (χ4n) is 3.23. The highest BCUT2D eigenvalue weighted by Crippen LogP contribution is 2.14. The lowest BCUT2D eigenvalue weighted by Crippen LogP contribution is -2.47. The maximum Gasteiger partial charge on any atom is 0.193 e. The molecule has 2 rings (SSSR count). The summed E-state index contributed by atoms with van der Waals surface area (Å²) in [5.74, 6) is 2.65. The molecule has 1 unspecified atom stereocenters. The molecule has 142 valence electrons. The van der Waals surface area contributed by atoms with E-state index >= 15 is 0 Å². The zero-order valence-electron chi connectivity index (χ0n) is 15.9. The van der Waals surface area contributed by atoms with E-state index in [1.807, 2.05) is 12.1 Å². The minimum atomic E-state index is -0.159. The van der Waals surface area contributed by atoms with Gasteiger partial charge in [-0.05, 0) is 37.3 Å². The van der Waals surface area contributed by atoms with E-state index in [9.17, 15) is 5.11 Å². The summed E-state index contributed by atoms with van der Waals surface area (Å²) in [6.07, 6.45) is 9.04. The molecule has 5 nitrogen and oxygen atoms in total. The topological polar surface area (TPSA) is 61.0 Å². The second kappa shape index (κ2) is 11.2. The van der Waals surface area contributed by atoms with Crippen LogP contribution in [0.3, 0.4) is 0 Å². The molecule has 1 atom stereocenters. The highest BCUT2D eigenvalue weighted by molar-refractivity contribution is 5.80. The number of likely N-dealkylation sites (tertiary alicyclic amines) is 1. The molecule has 25 heavy (non-hydrogen) atoms. The first-order valence-corrected chi connectivity index (χ1v) is 9.96. The first kappa shape index (κ1) is 19.8. The van der Waals surface area contributed by atoms with Gasteiger partial charge in [-0.2, -0.15) is 0 Å². The summed E-state index contributed by atoms with van der Waals surface area (Å²) in [6, 6.07) is 3.93. The van der Waals surface area contributed by atoms with Gasteiger partial charge >= 0.3 is 0 Å². The van der Waals surface area contributed by atoms with E-state index in [0.717, 1.165) is 57.2 Å². The number of aliphatic hydroxyl groups is 1. The van der Waals surface area contributed by atoms with E-state index in [1.165, 1.54) is 25.7 Å². The van der Waals surface area contributed by atoms with Gasteiger partial charge in [-0.1, -0.05) is 33.1 Å². The minimum absolute atomic E-state index is 0.159. The van der Waals surface area contributed by atoms with E-state index in [4.69, 9.17) is 9.41 Å². The van der Waals surface area contributed by atoms with Crippen molar-refractivity contribution in [1.82, 2.24) is 10.2 Å². The number of hydrogen-bond acceptors (Lipinski definition) is 3. The number of furan rings is 1. The van der Waals surface area contributed by atoms with E-state index < -0.39 is 0 Å². The van der Waals surface area contributed by atoms with Gasteiger partial charge in [0, 0.05) is 32.6 Å². The summed E-state index contributed by atoms with van der Waals surface area (Å²) in [6.45, 7) is 7.96. The number of rotatable bonds is 9. The molecule has 2 heterocycles. The molecule has 0 amide bonds. The van der Waals surface area contributed by atoms with Crippen LogP contribution in [0.1, 0.15) is 58.1 Å². The van der Waals surface area contributed by atoms with E-state index in [2.05, 4.69) is 24.1 Å². The zero-order valence-corrected chi connectivity index (χ0v) is 15.9. The van der Waals surface area contributed by atoms with Gasteiger partial charge in [-0.15, -0.1) is 0 Å². The molecule has 1 aliphatic rings. The Bertz CT molecular complexity index is 479. The van der Waals surface area contributed by atoms with Crippen molar-refractivity contribution < 1.29 is 9.52 Å². The van der Waals surface area contributed by atoms with Crippen molar-refractivity contribution in [3.63, 3.8) is 0 Å². The number of nitrogens with one attached hydrogen (secondary N) is 1. The maximum atomic E-state index is 9.76. The van der Waals surface area contributed by atoms with Crippen molar-refractivity contribution in [2.75, 3.05) is 26.2 Å². The lowest BCUT2D eigenvalue weighted by atomic mass is 10.00. The average molecular weight is 350 g/mol. The molecular formula is C20H35N3O2. The number of aliphatic imine (C=N–C) groups is 1. The molecule has 5 heteroatoms. The van der Waals surface area contributed by atoms with E-state index in [1.54, 1.807) is 6.26 Å². The van der Waals surface area contributed by atoms with Crippen molar-refractivity contribution in [3.05, 3.63) is 24.2 Å². The van der Waals surface area contributed by atoms with Crippen molar-refractivity contribution in [2.24, 2.45) is 10.9 Å². The van der Waals surface area contributed by atoms with Crippen molar-refractivity contribution in [3.8, 4) is 0 Å². The standard InChI is InChI=1S/C20H35N3O2/c1-3-5-7-17(4-2)16-22-20(23-13-10-18(24)11-14-23)21-12-9-19-8-6-15-25-19/h6,8,15,17-18,24H,3-5,7,9-14,16H2,1-2H3,(H,21,22). The first-order chi connectivity index (χ1) is 12.2. The quantitative estimate of drug-likeness (QED) is 0.529. The lowest BCUT2D eigenvalue weighted by Gasteiger charge is -2.32. The summed E-state index contributed by atoms with van der Waals surface area (Å²) in [5.41, 5.74) is 0. The van der Waals surface area contributed by atoms with Crippen LogP contribution in [-0.2, 0) is 6.42 Å². The molecule has 1 aliphatic heterocycles. The molecule has 2 N–H and O–H groups in total. The SMILES string of the molecule is CCCCC(CC)CN=C(NCCc1ccco1)N1CCC(O)CC1. The Hall–Kier alpha value is -1.49. The van der Waals surface area contributed by atoms with Crippen LogP contribution in [0.5, 0.6) is 0 Å². The third-order valence-corrected chi connectivity index (χ3v) is 5.04. The van der Waals surface area contributed by atoms with E-state index in [0.29, 0.717) is 5.92 Å². The van der Waals surface area contributed by atoms with Gasteiger partial charge in [0.05, 0.1) is 12.4 Å². The zero-order chi connectivity index (χ0) is 17.9. The Labute approximate surface area is 152 Å². The molecule has 1 fully saturated rings. The molecule has 0 aliphatic carbocycles. The van der Waals surface area contributed by atoms with Crippen molar-refractivity contribution in [2.45, 2.75) is 64.9 Å². The molecule has 0 spiro atoms. The second-order valence-electron chi connectivity index (χ2n) is 7.06. The van der Waals surface area contributed by atoms with Crippen molar-refractivity contribution in [1.29, 1.82) is 0 Å². The minimum Gasteiger partial charge on any atom is -0.469 e. The molecule has 1 aromatic rings. The fourth-order valence-corrected chi connectivity index (χ4v) is 3.23. The number of nitrogens with zero attached hydrogens (tertiary/aromatic N) is 2. The van der Waals surface area contributed by atoms with Crippen LogP contribution in [0.25, 0.3) is 0 Å². The Balaban J connectivity index is 1.91. The number of guanidine groups is 1. The van der Waals surface area contributed by atoms with Crippen LogP contribution in [0.2, 0.25) is 0 Å². The van der Waals surface area contributed by atoms with Gasteiger partial charge in [0.25, 0.3) is 0 Å². The van der Waals surface area contributed by atoms with Crippen LogP contribution in [0.4, 0.5) is 0 Å². The number of hydrogen-bond donors (Lipinski definition) is 2. The maximum absolute atomic E-state index is 9.76. The number of aliphatic hydroxyl groups excluding tert-OH is 1. The van der Waals surface area contributed by atoms with Crippen LogP contribution in [0.15, 0.2) is 27.8 Å². The highest BCUT2D eigenvalue weighted by atomic mass is 16.3. The van der Waals surface area contributed by atoms with Gasteiger partial charge in [-0.3, -0.25) is 4.99 Å². The van der Waals surface area contributed by atoms with Gasteiger partial charge in [-0.25, -0.2) is 0 Å². The smallest absolute Gasteiger partial charge is 0.193 e. The summed E-state index contributed by atoms with van der Waals surface area (Å²) in [4.78, 5) is 7.23. The summed E-state index contributed by atoms with van der Waals surface area (Å²) < 4.78 is 5.41. The molecule has 0 bridgehead atoms. The van der Waals surface area contributed by atoms with Crippen LogP contribution in [0, 0.1) is 5.92 Å². The summed E-state index contributed by atoms with van der Waals surface area (Å²) in [7, 11) is 0.